The number of amides is 2. The number of benzene rings is 3. The molecule has 0 atom stereocenters. The molecule has 2 aliphatic rings. The molecule has 5 rings (SSSR count). The van der Waals surface area contributed by atoms with Crippen LogP contribution in [0.3, 0.4) is 0 Å². The van der Waals surface area contributed by atoms with Crippen LogP contribution in [0.4, 0.5) is 20.2 Å². The minimum atomic E-state index is -0.965. The summed E-state index contributed by atoms with van der Waals surface area (Å²) in [5.41, 5.74) is 3.68. The van der Waals surface area contributed by atoms with Crippen molar-refractivity contribution >= 4 is 28.8 Å². The molecule has 31 heavy (non-hydrogen) atoms. The molecule has 0 radical (unpaired) electrons. The van der Waals surface area contributed by atoms with Crippen molar-refractivity contribution in [1.82, 2.24) is 0 Å². The molecule has 0 fully saturated rings. The van der Waals surface area contributed by atoms with Gasteiger partial charge in [0.2, 0.25) is 0 Å². The number of carbonyl (C=O) groups is 2. The number of rotatable bonds is 3. The van der Waals surface area contributed by atoms with E-state index < -0.39 is 23.4 Å². The largest absolute Gasteiger partial charge is 0.336 e. The summed E-state index contributed by atoms with van der Waals surface area (Å²) in [6.45, 7) is 2.46. The zero-order valence-corrected chi connectivity index (χ0v) is 16.7. The van der Waals surface area contributed by atoms with E-state index in [9.17, 15) is 18.4 Å². The Balaban J connectivity index is 1.70. The maximum atomic E-state index is 14.6. The van der Waals surface area contributed by atoms with Crippen LogP contribution in [0.25, 0.3) is 5.57 Å². The summed E-state index contributed by atoms with van der Waals surface area (Å²) in [5.74, 6) is -2.99. The summed E-state index contributed by atoms with van der Waals surface area (Å²) in [5, 5.41) is 0. The Morgan fingerprint density at radius 3 is 2.32 bits per heavy atom. The fourth-order valence-electron chi connectivity index (χ4n) is 4.20. The Morgan fingerprint density at radius 1 is 0.839 bits per heavy atom. The number of hydrogen-bond acceptors (Lipinski definition) is 3. The van der Waals surface area contributed by atoms with Crippen LogP contribution < -0.4 is 9.80 Å². The van der Waals surface area contributed by atoms with Crippen LogP contribution in [-0.4, -0.2) is 18.4 Å². The van der Waals surface area contributed by atoms with Crippen molar-refractivity contribution in [2.24, 2.45) is 0 Å². The molecular weight excluding hydrogens is 398 g/mol. The van der Waals surface area contributed by atoms with Crippen LogP contribution >= 0.6 is 0 Å². The summed E-state index contributed by atoms with van der Waals surface area (Å²) in [7, 11) is 0. The SMILES string of the molecule is Cc1ccc(C2=C(N3CCc4ccccc43)C(=O)N(c3ccc(F)cc3F)C2=O)cc1. The lowest BCUT2D eigenvalue weighted by Gasteiger charge is -2.22. The first-order valence-electron chi connectivity index (χ1n) is 9.96. The molecule has 3 aromatic carbocycles. The van der Waals surface area contributed by atoms with E-state index in [-0.39, 0.29) is 17.0 Å². The Morgan fingerprint density at radius 2 is 1.58 bits per heavy atom. The van der Waals surface area contributed by atoms with Gasteiger partial charge in [-0.3, -0.25) is 9.59 Å². The lowest BCUT2D eigenvalue weighted by molar-refractivity contribution is -0.120. The van der Waals surface area contributed by atoms with Gasteiger partial charge in [0.15, 0.2) is 0 Å². The maximum absolute atomic E-state index is 14.6. The van der Waals surface area contributed by atoms with Crippen LogP contribution in [0, 0.1) is 18.6 Å². The lowest BCUT2D eigenvalue weighted by atomic mass is 10.0. The number of hydrogen-bond donors (Lipinski definition) is 0. The molecular formula is C25H18F2N2O2. The number of anilines is 2. The van der Waals surface area contributed by atoms with E-state index in [0.29, 0.717) is 18.2 Å². The van der Waals surface area contributed by atoms with E-state index in [1.54, 1.807) is 12.1 Å². The lowest BCUT2D eigenvalue weighted by Crippen LogP contribution is -2.35. The molecule has 0 unspecified atom stereocenters. The Kier molecular flexibility index (Phi) is 4.43. The first kappa shape index (κ1) is 19.2. The second-order valence-electron chi connectivity index (χ2n) is 7.66. The molecule has 0 aromatic heterocycles. The number of carbonyl (C=O) groups excluding carboxylic acids is 2. The molecule has 0 N–H and O–H groups in total. The van der Waals surface area contributed by atoms with Crippen LogP contribution in [-0.2, 0) is 16.0 Å². The number of imide groups is 1. The quantitative estimate of drug-likeness (QED) is 0.585. The van der Waals surface area contributed by atoms with Crippen molar-refractivity contribution < 1.29 is 18.4 Å². The molecule has 6 heteroatoms. The minimum absolute atomic E-state index is 0.211. The average molecular weight is 416 g/mol. The number of halogens is 2. The molecule has 0 saturated heterocycles. The second-order valence-corrected chi connectivity index (χ2v) is 7.66. The third-order valence-corrected chi connectivity index (χ3v) is 5.71. The monoisotopic (exact) mass is 416 g/mol. The predicted octanol–water partition coefficient (Wildman–Crippen LogP) is 4.62. The van der Waals surface area contributed by atoms with Crippen molar-refractivity contribution in [3.05, 3.63) is 101 Å². The minimum Gasteiger partial charge on any atom is -0.336 e. The first-order chi connectivity index (χ1) is 15.0. The van der Waals surface area contributed by atoms with Gasteiger partial charge in [0.25, 0.3) is 11.8 Å². The third-order valence-electron chi connectivity index (χ3n) is 5.71. The van der Waals surface area contributed by atoms with E-state index in [0.717, 1.165) is 40.3 Å². The van der Waals surface area contributed by atoms with Crippen LogP contribution in [0.5, 0.6) is 0 Å². The fourth-order valence-corrected chi connectivity index (χ4v) is 4.20. The smallest absolute Gasteiger partial charge is 0.282 e. The molecule has 154 valence electrons. The summed E-state index contributed by atoms with van der Waals surface area (Å²) in [6, 6.07) is 17.8. The molecule has 2 heterocycles. The molecule has 4 nitrogen and oxygen atoms in total. The van der Waals surface area contributed by atoms with Gasteiger partial charge in [-0.1, -0.05) is 48.0 Å². The van der Waals surface area contributed by atoms with Gasteiger partial charge in [-0.05, 0) is 42.7 Å². The maximum Gasteiger partial charge on any atom is 0.282 e. The van der Waals surface area contributed by atoms with E-state index in [1.807, 2.05) is 48.2 Å². The van der Waals surface area contributed by atoms with Crippen LogP contribution in [0.1, 0.15) is 16.7 Å². The topological polar surface area (TPSA) is 40.6 Å². The Bertz CT molecular complexity index is 1260. The number of aryl methyl sites for hydroxylation is 1. The number of fused-ring (bicyclic) bond motifs is 1. The predicted molar refractivity (Wildman–Crippen MR) is 114 cm³/mol. The standard InChI is InChI=1S/C25H18F2N2O2/c1-15-6-8-17(9-7-15)22-23(28-13-12-16-4-2-3-5-20(16)28)25(31)29(24(22)30)21-11-10-18(26)14-19(21)27/h2-11,14H,12-13H2,1H3. The molecule has 0 bridgehead atoms. The van der Waals surface area contributed by atoms with Crippen LogP contribution in [0.15, 0.2) is 72.4 Å². The van der Waals surface area contributed by atoms with E-state index in [4.69, 9.17) is 0 Å². The van der Waals surface area contributed by atoms with Gasteiger partial charge in [0.05, 0.1) is 11.3 Å². The van der Waals surface area contributed by atoms with E-state index >= 15 is 0 Å². The number of nitrogens with zero attached hydrogens (tertiary/aromatic N) is 2. The van der Waals surface area contributed by atoms with Gasteiger partial charge in [0, 0.05) is 18.3 Å². The highest BCUT2D eigenvalue weighted by Crippen LogP contribution is 2.40. The van der Waals surface area contributed by atoms with Crippen molar-refractivity contribution in [3.8, 4) is 0 Å². The highest BCUT2D eigenvalue weighted by Gasteiger charge is 2.44. The van der Waals surface area contributed by atoms with Gasteiger partial charge in [-0.25, -0.2) is 13.7 Å². The molecule has 0 saturated carbocycles. The van der Waals surface area contributed by atoms with Gasteiger partial charge < -0.3 is 4.90 Å². The second kappa shape index (κ2) is 7.16. The zero-order chi connectivity index (χ0) is 21.7. The highest BCUT2D eigenvalue weighted by molar-refractivity contribution is 6.46. The Labute approximate surface area is 178 Å². The van der Waals surface area contributed by atoms with Gasteiger partial charge in [-0.15, -0.1) is 0 Å². The summed E-state index contributed by atoms with van der Waals surface area (Å²) < 4.78 is 28.0. The van der Waals surface area contributed by atoms with Gasteiger partial charge in [-0.2, -0.15) is 0 Å². The molecule has 2 amide bonds. The van der Waals surface area contributed by atoms with Gasteiger partial charge >= 0.3 is 0 Å². The summed E-state index contributed by atoms with van der Waals surface area (Å²) in [6.07, 6.45) is 0.729. The average Bonchev–Trinajstić information content (AvgIpc) is 3.28. The molecule has 0 spiro atoms. The van der Waals surface area contributed by atoms with Crippen molar-refractivity contribution in [3.63, 3.8) is 0 Å². The van der Waals surface area contributed by atoms with Crippen LogP contribution in [0.2, 0.25) is 0 Å². The van der Waals surface area contributed by atoms with Crippen molar-refractivity contribution in [2.75, 3.05) is 16.3 Å². The molecule has 0 aliphatic carbocycles. The summed E-state index contributed by atoms with van der Waals surface area (Å²) >= 11 is 0. The fraction of sp³-hybridized carbons (Fsp3) is 0.120. The van der Waals surface area contributed by atoms with E-state index in [2.05, 4.69) is 0 Å². The van der Waals surface area contributed by atoms with Crippen molar-refractivity contribution in [2.45, 2.75) is 13.3 Å². The molecule has 2 aliphatic heterocycles. The molecule has 3 aromatic rings. The normalized spacial score (nSPS) is 15.8. The van der Waals surface area contributed by atoms with E-state index in [1.165, 1.54) is 0 Å². The highest BCUT2D eigenvalue weighted by atomic mass is 19.1. The summed E-state index contributed by atoms with van der Waals surface area (Å²) in [4.78, 5) is 29.7. The van der Waals surface area contributed by atoms with Crippen molar-refractivity contribution in [1.29, 1.82) is 0 Å². The van der Waals surface area contributed by atoms with Gasteiger partial charge in [0.1, 0.15) is 17.3 Å². The number of para-hydroxylation sites is 1. The first-order valence-corrected chi connectivity index (χ1v) is 9.96. The Hall–Kier alpha value is -3.80. The zero-order valence-electron chi connectivity index (χ0n) is 16.7. The third kappa shape index (κ3) is 3.03.